The van der Waals surface area contributed by atoms with Crippen LogP contribution in [0, 0.1) is 17.3 Å². The van der Waals surface area contributed by atoms with Crippen molar-refractivity contribution in [3.05, 3.63) is 0 Å². The van der Waals surface area contributed by atoms with Crippen LogP contribution in [0.2, 0.25) is 0 Å². The number of hydrogen-bond donors (Lipinski definition) is 0. The smallest absolute Gasteiger partial charge is 0.225 e. The predicted molar refractivity (Wildman–Crippen MR) is 79.0 cm³/mol. The van der Waals surface area contributed by atoms with Gasteiger partial charge < -0.3 is 9.80 Å². The van der Waals surface area contributed by atoms with Crippen LogP contribution in [0.15, 0.2) is 0 Å². The minimum atomic E-state index is 0.202. The summed E-state index contributed by atoms with van der Waals surface area (Å²) in [6.45, 7) is 14.5. The summed E-state index contributed by atoms with van der Waals surface area (Å²) in [5, 5.41) is 0. The van der Waals surface area contributed by atoms with Gasteiger partial charge in [0, 0.05) is 38.6 Å². The molecule has 2 saturated heterocycles. The Hall–Kier alpha value is -0.570. The first-order chi connectivity index (χ1) is 8.96. The van der Waals surface area contributed by atoms with Crippen LogP contribution < -0.4 is 0 Å². The quantitative estimate of drug-likeness (QED) is 0.781. The fourth-order valence-electron chi connectivity index (χ4n) is 3.55. The second kappa shape index (κ2) is 5.82. The highest BCUT2D eigenvalue weighted by Crippen LogP contribution is 2.40. The summed E-state index contributed by atoms with van der Waals surface area (Å²) in [6, 6.07) is 0. The zero-order chi connectivity index (χ0) is 14.0. The third-order valence-electron chi connectivity index (χ3n) is 4.91. The molecular formula is C16H30N2O. The largest absolute Gasteiger partial charge is 0.342 e. The van der Waals surface area contributed by atoms with Gasteiger partial charge in [-0.15, -0.1) is 0 Å². The Balaban J connectivity index is 1.76. The Kier molecular flexibility index (Phi) is 4.54. The molecule has 0 radical (unpaired) electrons. The fraction of sp³-hybridized carbons (Fsp3) is 0.938. The molecule has 0 bridgehead atoms. The van der Waals surface area contributed by atoms with Crippen LogP contribution in [-0.4, -0.2) is 48.4 Å². The van der Waals surface area contributed by atoms with Crippen LogP contribution >= 0.6 is 0 Å². The normalized spacial score (nSPS) is 24.6. The molecule has 1 amide bonds. The number of likely N-dealkylation sites (tertiary alicyclic amines) is 2. The number of amides is 1. The fourth-order valence-corrected chi connectivity index (χ4v) is 3.55. The van der Waals surface area contributed by atoms with E-state index in [1.54, 1.807) is 0 Å². The molecular weight excluding hydrogens is 236 g/mol. The summed E-state index contributed by atoms with van der Waals surface area (Å²) in [7, 11) is 0. The summed E-state index contributed by atoms with van der Waals surface area (Å²) < 4.78 is 0. The maximum Gasteiger partial charge on any atom is 0.225 e. The van der Waals surface area contributed by atoms with Crippen LogP contribution in [0.3, 0.4) is 0 Å². The standard InChI is InChI=1S/C16H30N2O/c1-5-14(4)15(19)18-8-6-16(7-9-18)11-17(12-16)10-13(2)3/h13-14H,5-12H2,1-4H3. The summed E-state index contributed by atoms with van der Waals surface area (Å²) in [6.07, 6.45) is 3.39. The first-order valence-corrected chi connectivity index (χ1v) is 7.97. The molecule has 0 saturated carbocycles. The number of carbonyl (C=O) groups excluding carboxylic acids is 1. The molecule has 0 aliphatic carbocycles. The highest BCUT2D eigenvalue weighted by molar-refractivity contribution is 5.78. The van der Waals surface area contributed by atoms with E-state index in [2.05, 4.69) is 37.5 Å². The Bertz CT molecular complexity index is 311. The van der Waals surface area contributed by atoms with Crippen LogP contribution in [-0.2, 0) is 4.79 Å². The van der Waals surface area contributed by atoms with Crippen molar-refractivity contribution in [3.63, 3.8) is 0 Å². The van der Waals surface area contributed by atoms with E-state index in [1.165, 1.54) is 32.5 Å². The second-order valence-corrected chi connectivity index (χ2v) is 7.20. The molecule has 19 heavy (non-hydrogen) atoms. The zero-order valence-electron chi connectivity index (χ0n) is 13.1. The topological polar surface area (TPSA) is 23.6 Å². The van der Waals surface area contributed by atoms with Crippen LogP contribution in [0.1, 0.15) is 47.0 Å². The zero-order valence-corrected chi connectivity index (χ0v) is 13.1. The van der Waals surface area contributed by atoms with E-state index < -0.39 is 0 Å². The maximum atomic E-state index is 12.2. The van der Waals surface area contributed by atoms with Crippen molar-refractivity contribution >= 4 is 5.91 Å². The molecule has 2 rings (SSSR count). The van der Waals surface area contributed by atoms with Gasteiger partial charge in [-0.05, 0) is 30.6 Å². The Labute approximate surface area is 118 Å². The van der Waals surface area contributed by atoms with E-state index in [-0.39, 0.29) is 5.92 Å². The molecule has 1 unspecified atom stereocenters. The van der Waals surface area contributed by atoms with Crippen molar-refractivity contribution in [2.75, 3.05) is 32.7 Å². The van der Waals surface area contributed by atoms with Crippen LogP contribution in [0.4, 0.5) is 0 Å². The van der Waals surface area contributed by atoms with Gasteiger partial charge in [-0.1, -0.05) is 27.7 Å². The van der Waals surface area contributed by atoms with E-state index in [0.717, 1.165) is 25.4 Å². The van der Waals surface area contributed by atoms with Crippen molar-refractivity contribution in [1.29, 1.82) is 0 Å². The van der Waals surface area contributed by atoms with Gasteiger partial charge in [-0.3, -0.25) is 4.79 Å². The van der Waals surface area contributed by atoms with Gasteiger partial charge >= 0.3 is 0 Å². The van der Waals surface area contributed by atoms with E-state index in [4.69, 9.17) is 0 Å². The molecule has 1 atom stereocenters. The molecule has 1 spiro atoms. The van der Waals surface area contributed by atoms with Crippen LogP contribution in [0.5, 0.6) is 0 Å². The molecule has 0 aromatic carbocycles. The van der Waals surface area contributed by atoms with Crippen LogP contribution in [0.25, 0.3) is 0 Å². The Morgan fingerprint density at radius 2 is 1.74 bits per heavy atom. The number of piperidine rings is 1. The summed E-state index contributed by atoms with van der Waals surface area (Å²) in [5.41, 5.74) is 0.543. The number of hydrogen-bond acceptors (Lipinski definition) is 2. The minimum absolute atomic E-state index is 0.202. The van der Waals surface area contributed by atoms with E-state index >= 15 is 0 Å². The highest BCUT2D eigenvalue weighted by atomic mass is 16.2. The molecule has 0 N–H and O–H groups in total. The van der Waals surface area contributed by atoms with E-state index in [0.29, 0.717) is 11.3 Å². The molecule has 2 aliphatic rings. The molecule has 110 valence electrons. The lowest BCUT2D eigenvalue weighted by Gasteiger charge is -2.54. The van der Waals surface area contributed by atoms with Crippen molar-refractivity contribution in [2.45, 2.75) is 47.0 Å². The summed E-state index contributed by atoms with van der Waals surface area (Å²) in [4.78, 5) is 16.9. The molecule has 2 fully saturated rings. The predicted octanol–water partition coefficient (Wildman–Crippen LogP) is 2.61. The minimum Gasteiger partial charge on any atom is -0.342 e. The number of carbonyl (C=O) groups is 1. The molecule has 2 heterocycles. The Morgan fingerprint density at radius 3 is 2.21 bits per heavy atom. The van der Waals surface area contributed by atoms with Gasteiger partial charge in [-0.25, -0.2) is 0 Å². The first-order valence-electron chi connectivity index (χ1n) is 7.97. The third kappa shape index (κ3) is 3.31. The molecule has 0 aromatic rings. The van der Waals surface area contributed by atoms with E-state index in [1.807, 2.05) is 0 Å². The summed E-state index contributed by atoms with van der Waals surface area (Å²) >= 11 is 0. The average molecular weight is 266 g/mol. The van der Waals surface area contributed by atoms with Crippen molar-refractivity contribution in [1.82, 2.24) is 9.80 Å². The third-order valence-corrected chi connectivity index (χ3v) is 4.91. The monoisotopic (exact) mass is 266 g/mol. The van der Waals surface area contributed by atoms with E-state index in [9.17, 15) is 4.79 Å². The number of rotatable bonds is 4. The average Bonchev–Trinajstić information content (AvgIpc) is 2.35. The second-order valence-electron chi connectivity index (χ2n) is 7.20. The van der Waals surface area contributed by atoms with Crippen molar-refractivity contribution in [3.8, 4) is 0 Å². The highest BCUT2D eigenvalue weighted by Gasteiger charge is 2.45. The van der Waals surface area contributed by atoms with Gasteiger partial charge in [0.15, 0.2) is 0 Å². The maximum absolute atomic E-state index is 12.2. The molecule has 3 nitrogen and oxygen atoms in total. The van der Waals surface area contributed by atoms with Gasteiger partial charge in [-0.2, -0.15) is 0 Å². The lowest BCUT2D eigenvalue weighted by atomic mass is 9.71. The lowest BCUT2D eigenvalue weighted by Crippen LogP contribution is -2.61. The van der Waals surface area contributed by atoms with Gasteiger partial charge in [0.25, 0.3) is 0 Å². The molecule has 2 aliphatic heterocycles. The number of nitrogens with zero attached hydrogens (tertiary/aromatic N) is 2. The van der Waals surface area contributed by atoms with Crippen molar-refractivity contribution in [2.24, 2.45) is 17.3 Å². The van der Waals surface area contributed by atoms with Crippen molar-refractivity contribution < 1.29 is 4.79 Å². The molecule has 3 heteroatoms. The van der Waals surface area contributed by atoms with Gasteiger partial charge in [0.1, 0.15) is 0 Å². The first kappa shape index (κ1) is 14.8. The molecule has 0 aromatic heterocycles. The lowest BCUT2D eigenvalue weighted by molar-refractivity contribution is -0.140. The van der Waals surface area contributed by atoms with Gasteiger partial charge in [0.05, 0.1) is 0 Å². The summed E-state index contributed by atoms with van der Waals surface area (Å²) in [5.74, 6) is 1.34. The SMILES string of the molecule is CCC(C)C(=O)N1CCC2(CC1)CN(CC(C)C)C2. The van der Waals surface area contributed by atoms with Gasteiger partial charge in [0.2, 0.25) is 5.91 Å². The Morgan fingerprint density at radius 1 is 1.16 bits per heavy atom.